The Kier molecular flexibility index (Phi) is 7.32. The minimum absolute atomic E-state index is 0.401. The van der Waals surface area contributed by atoms with Gasteiger partial charge in [-0.05, 0) is 0 Å². The van der Waals surface area contributed by atoms with Crippen molar-refractivity contribution in [2.45, 2.75) is 5.60 Å². The van der Waals surface area contributed by atoms with E-state index in [1.54, 1.807) is 18.2 Å². The van der Waals surface area contributed by atoms with Gasteiger partial charge in [0.1, 0.15) is 10.2 Å². The lowest BCUT2D eigenvalue weighted by molar-refractivity contribution is -0.313. The van der Waals surface area contributed by atoms with E-state index < -0.39 is 5.60 Å². The summed E-state index contributed by atoms with van der Waals surface area (Å²) in [5, 5.41) is 0. The van der Waals surface area contributed by atoms with Crippen LogP contribution in [-0.4, -0.2) is 35.7 Å². The molecule has 0 aromatic rings. The minimum atomic E-state index is -0.920. The monoisotopic (exact) mass is 214 g/mol. The molecule has 4 heteroatoms. The van der Waals surface area contributed by atoms with Crippen LogP contribution in [0.1, 0.15) is 0 Å². The van der Waals surface area contributed by atoms with E-state index in [-0.39, 0.29) is 0 Å². The van der Waals surface area contributed by atoms with Gasteiger partial charge in [-0.25, -0.2) is 0 Å². The molecule has 3 nitrogen and oxygen atoms in total. The highest BCUT2D eigenvalue weighted by Crippen LogP contribution is 2.10. The first-order valence-electron chi connectivity index (χ1n) is 4.43. The second kappa shape index (κ2) is 7.70. The first-order chi connectivity index (χ1) is 6.68. The Bertz CT molecular complexity index is 161. The van der Waals surface area contributed by atoms with Crippen molar-refractivity contribution in [3.05, 3.63) is 38.0 Å². The minimum Gasteiger partial charge on any atom is -0.328 e. The van der Waals surface area contributed by atoms with Crippen LogP contribution < -0.4 is 0 Å². The van der Waals surface area contributed by atoms with Crippen molar-refractivity contribution in [3.8, 4) is 0 Å². The fraction of sp³-hybridized carbons (Fsp3) is 0.400. The molecule has 0 N–H and O–H groups in total. The quantitative estimate of drug-likeness (QED) is 0.319. The normalized spacial score (nSPS) is 11.1. The van der Waals surface area contributed by atoms with E-state index in [2.05, 4.69) is 19.7 Å². The average Bonchev–Trinajstić information content (AvgIpc) is 2.21. The van der Waals surface area contributed by atoms with Gasteiger partial charge in [0.2, 0.25) is 5.60 Å². The number of ether oxygens (including phenoxy) is 3. The first kappa shape index (κ1) is 13.3. The molecule has 80 valence electrons. The summed E-state index contributed by atoms with van der Waals surface area (Å²) in [5.74, 6) is 0. The van der Waals surface area contributed by atoms with Gasteiger partial charge < -0.3 is 14.2 Å². The van der Waals surface area contributed by atoms with Crippen LogP contribution >= 0.6 is 0 Å². The summed E-state index contributed by atoms with van der Waals surface area (Å²) in [7, 11) is 0.601. The van der Waals surface area contributed by atoms with Crippen molar-refractivity contribution in [2.75, 3.05) is 19.8 Å². The summed E-state index contributed by atoms with van der Waals surface area (Å²) in [6.45, 7) is 11.9. The van der Waals surface area contributed by atoms with E-state index in [0.29, 0.717) is 30.1 Å². The molecule has 0 atom stereocenters. The maximum atomic E-state index is 5.39. The van der Waals surface area contributed by atoms with Gasteiger partial charge in [-0.3, -0.25) is 0 Å². The van der Waals surface area contributed by atoms with Crippen LogP contribution in [0.15, 0.2) is 38.0 Å². The van der Waals surface area contributed by atoms with Gasteiger partial charge in [0.25, 0.3) is 0 Å². The molecule has 0 saturated carbocycles. The van der Waals surface area contributed by atoms with Gasteiger partial charge in [-0.2, -0.15) is 0 Å². The van der Waals surface area contributed by atoms with Gasteiger partial charge in [0.05, 0.1) is 19.8 Å². The van der Waals surface area contributed by atoms with Crippen LogP contribution in [0.3, 0.4) is 0 Å². The predicted octanol–water partition coefficient (Wildman–Crippen LogP) is 0.571. The van der Waals surface area contributed by atoms with Gasteiger partial charge in [-0.1, -0.05) is 18.2 Å². The third kappa shape index (κ3) is 5.88. The molecule has 0 spiro atoms. The molecule has 0 aromatic heterocycles. The second-order valence-electron chi connectivity index (χ2n) is 2.66. The Morgan fingerprint density at radius 2 is 1.14 bits per heavy atom. The van der Waals surface area contributed by atoms with E-state index in [0.717, 1.165) is 0 Å². The Morgan fingerprint density at radius 3 is 1.36 bits per heavy atom. The first-order valence-corrected chi connectivity index (χ1v) is 5.43. The van der Waals surface area contributed by atoms with Crippen molar-refractivity contribution >= 4 is 10.2 Å². The molecule has 0 amide bonds. The average molecular weight is 214 g/mol. The highest BCUT2D eigenvalue weighted by molar-refractivity contribution is 6.12. The van der Waals surface area contributed by atoms with Crippen molar-refractivity contribution in [1.29, 1.82) is 0 Å². The molecule has 0 aliphatic rings. The summed E-state index contributed by atoms with van der Waals surface area (Å²) < 4.78 is 16.2. The zero-order chi connectivity index (χ0) is 10.9. The van der Waals surface area contributed by atoms with Crippen LogP contribution in [0.25, 0.3) is 0 Å². The van der Waals surface area contributed by atoms with E-state index in [4.69, 9.17) is 14.2 Å². The molecule has 0 aliphatic carbocycles. The lowest BCUT2D eigenvalue weighted by Crippen LogP contribution is -2.40. The molecule has 0 radical (unpaired) electrons. The Labute approximate surface area is 88.5 Å². The van der Waals surface area contributed by atoms with Gasteiger partial charge >= 0.3 is 0 Å². The standard InChI is InChI=1S/C10H18O3Si/c1-4-7-11-10(14,12-8-5-2)13-9-6-3/h4-6H,1-3,7-9H2,14H3. The SMILES string of the molecule is C=CCOC([SiH3])(OCC=C)OCC=C. The molecule has 0 fully saturated rings. The van der Waals surface area contributed by atoms with Crippen molar-refractivity contribution in [2.24, 2.45) is 0 Å². The van der Waals surface area contributed by atoms with Crippen molar-refractivity contribution in [1.82, 2.24) is 0 Å². The smallest absolute Gasteiger partial charge is 0.246 e. The number of hydrogen-bond donors (Lipinski definition) is 0. The maximum Gasteiger partial charge on any atom is 0.246 e. The molecule has 0 heterocycles. The zero-order valence-corrected chi connectivity index (χ0v) is 10.7. The Balaban J connectivity index is 4.07. The lowest BCUT2D eigenvalue weighted by atomic mass is 10.7. The number of hydrogen-bond acceptors (Lipinski definition) is 3. The predicted molar refractivity (Wildman–Crippen MR) is 61.1 cm³/mol. The lowest BCUT2D eigenvalue weighted by Gasteiger charge is -2.28. The second-order valence-corrected chi connectivity index (χ2v) is 3.89. The largest absolute Gasteiger partial charge is 0.328 e. The van der Waals surface area contributed by atoms with Gasteiger partial charge in [0.15, 0.2) is 0 Å². The van der Waals surface area contributed by atoms with Crippen molar-refractivity contribution < 1.29 is 14.2 Å². The van der Waals surface area contributed by atoms with Gasteiger partial charge in [0, 0.05) is 0 Å². The Hall–Kier alpha value is -0.683. The zero-order valence-electron chi connectivity index (χ0n) is 8.70. The molecule has 0 saturated heterocycles. The third-order valence-electron chi connectivity index (χ3n) is 1.39. The molecule has 0 unspecified atom stereocenters. The van der Waals surface area contributed by atoms with Crippen LogP contribution in [0.2, 0.25) is 0 Å². The highest BCUT2D eigenvalue weighted by atomic mass is 28.1. The molecule has 14 heavy (non-hydrogen) atoms. The van der Waals surface area contributed by atoms with E-state index in [9.17, 15) is 0 Å². The molecule has 0 rings (SSSR count). The topological polar surface area (TPSA) is 27.7 Å². The summed E-state index contributed by atoms with van der Waals surface area (Å²) in [6, 6.07) is 0. The molecular weight excluding hydrogens is 196 g/mol. The summed E-state index contributed by atoms with van der Waals surface area (Å²) >= 11 is 0. The molecular formula is C10H18O3Si. The van der Waals surface area contributed by atoms with Crippen molar-refractivity contribution in [3.63, 3.8) is 0 Å². The maximum absolute atomic E-state index is 5.39. The van der Waals surface area contributed by atoms with Crippen LogP contribution in [-0.2, 0) is 14.2 Å². The van der Waals surface area contributed by atoms with Gasteiger partial charge in [-0.15, -0.1) is 19.7 Å². The van der Waals surface area contributed by atoms with E-state index in [1.807, 2.05) is 0 Å². The molecule has 0 aromatic carbocycles. The van der Waals surface area contributed by atoms with Crippen LogP contribution in [0.4, 0.5) is 0 Å². The summed E-state index contributed by atoms with van der Waals surface area (Å²) in [6.07, 6.45) is 4.96. The Morgan fingerprint density at radius 1 is 0.857 bits per heavy atom. The van der Waals surface area contributed by atoms with Crippen LogP contribution in [0, 0.1) is 0 Å². The third-order valence-corrected chi connectivity index (χ3v) is 2.26. The molecule has 0 aliphatic heterocycles. The van der Waals surface area contributed by atoms with E-state index >= 15 is 0 Å². The van der Waals surface area contributed by atoms with Crippen LogP contribution in [0.5, 0.6) is 0 Å². The van der Waals surface area contributed by atoms with E-state index in [1.165, 1.54) is 0 Å². The summed E-state index contributed by atoms with van der Waals surface area (Å²) in [5.41, 5.74) is -0.920. The molecule has 0 bridgehead atoms. The fourth-order valence-corrected chi connectivity index (χ4v) is 1.26. The number of rotatable bonds is 9. The summed E-state index contributed by atoms with van der Waals surface area (Å²) in [4.78, 5) is 0. The highest BCUT2D eigenvalue weighted by Gasteiger charge is 2.24. The fourth-order valence-electron chi connectivity index (χ4n) is 0.756.